The van der Waals surface area contributed by atoms with Crippen LogP contribution in [-0.2, 0) is 4.74 Å². The first-order valence-electron chi connectivity index (χ1n) is 6.61. The molecule has 1 saturated carbocycles. The Morgan fingerprint density at radius 2 is 2.06 bits per heavy atom. The maximum absolute atomic E-state index is 13.2. The van der Waals surface area contributed by atoms with Crippen molar-refractivity contribution >= 4 is 0 Å². The summed E-state index contributed by atoms with van der Waals surface area (Å²) in [5.41, 5.74) is 6.93. The van der Waals surface area contributed by atoms with Crippen molar-refractivity contribution in [2.75, 3.05) is 7.11 Å². The Morgan fingerprint density at radius 1 is 1.33 bits per heavy atom. The number of rotatable bonds is 4. The predicted octanol–water partition coefficient (Wildman–Crippen LogP) is 2.82. The fourth-order valence-corrected chi connectivity index (χ4v) is 2.90. The second-order valence-electron chi connectivity index (χ2n) is 5.06. The van der Waals surface area contributed by atoms with Crippen LogP contribution in [0.2, 0.25) is 0 Å². The molecule has 2 rings (SSSR count). The zero-order chi connectivity index (χ0) is 13.0. The Bertz CT molecular complexity index is 380. The van der Waals surface area contributed by atoms with Crippen LogP contribution in [0.25, 0.3) is 0 Å². The molecule has 0 spiro atoms. The van der Waals surface area contributed by atoms with E-state index in [1.165, 1.54) is 31.5 Å². The van der Waals surface area contributed by atoms with E-state index < -0.39 is 0 Å². The van der Waals surface area contributed by atoms with E-state index >= 15 is 0 Å². The topological polar surface area (TPSA) is 48.1 Å². The Morgan fingerprint density at radius 3 is 2.67 bits per heavy atom. The first kappa shape index (κ1) is 13.4. The predicted molar refractivity (Wildman–Crippen MR) is 68.5 cm³/mol. The summed E-state index contributed by atoms with van der Waals surface area (Å²) in [7, 11) is 1.69. The standard InChI is InChI=1S/C14H21FN2O/c1-18-14(10-5-3-2-4-6-10)13(16)11-7-12(15)9-17-8-11/h7-10,13-14H,2-6,16H2,1H3. The highest BCUT2D eigenvalue weighted by Crippen LogP contribution is 2.32. The maximum atomic E-state index is 13.2. The molecule has 1 heterocycles. The molecule has 1 aliphatic carbocycles. The van der Waals surface area contributed by atoms with Gasteiger partial charge in [0.25, 0.3) is 0 Å². The van der Waals surface area contributed by atoms with Crippen LogP contribution in [0.3, 0.4) is 0 Å². The van der Waals surface area contributed by atoms with Crippen molar-refractivity contribution in [3.05, 3.63) is 29.8 Å². The van der Waals surface area contributed by atoms with Gasteiger partial charge < -0.3 is 10.5 Å². The highest BCUT2D eigenvalue weighted by atomic mass is 19.1. The molecule has 18 heavy (non-hydrogen) atoms. The van der Waals surface area contributed by atoms with Crippen LogP contribution in [0, 0.1) is 11.7 Å². The second-order valence-corrected chi connectivity index (χ2v) is 5.06. The van der Waals surface area contributed by atoms with Gasteiger partial charge >= 0.3 is 0 Å². The second kappa shape index (κ2) is 6.25. The monoisotopic (exact) mass is 252 g/mol. The van der Waals surface area contributed by atoms with Gasteiger partial charge in [0.2, 0.25) is 0 Å². The Kier molecular flexibility index (Phi) is 4.66. The van der Waals surface area contributed by atoms with Crippen molar-refractivity contribution in [3.63, 3.8) is 0 Å². The van der Waals surface area contributed by atoms with Crippen molar-refractivity contribution in [2.45, 2.75) is 44.2 Å². The molecule has 0 radical (unpaired) electrons. The van der Waals surface area contributed by atoms with Gasteiger partial charge in [-0.2, -0.15) is 0 Å². The Balaban J connectivity index is 2.11. The van der Waals surface area contributed by atoms with Gasteiger partial charge in [-0.3, -0.25) is 4.98 Å². The number of hydrogen-bond acceptors (Lipinski definition) is 3. The molecule has 3 nitrogen and oxygen atoms in total. The fraction of sp³-hybridized carbons (Fsp3) is 0.643. The number of pyridine rings is 1. The van der Waals surface area contributed by atoms with E-state index in [2.05, 4.69) is 4.98 Å². The molecular formula is C14H21FN2O. The third-order valence-corrected chi connectivity index (χ3v) is 3.85. The average molecular weight is 252 g/mol. The summed E-state index contributed by atoms with van der Waals surface area (Å²) in [6, 6.07) is 1.15. The summed E-state index contributed by atoms with van der Waals surface area (Å²) in [4.78, 5) is 3.86. The zero-order valence-electron chi connectivity index (χ0n) is 10.8. The third kappa shape index (κ3) is 3.06. The van der Waals surface area contributed by atoms with Gasteiger partial charge in [-0.15, -0.1) is 0 Å². The highest BCUT2D eigenvalue weighted by Gasteiger charge is 2.29. The molecule has 0 amide bonds. The summed E-state index contributed by atoms with van der Waals surface area (Å²) >= 11 is 0. The fourth-order valence-electron chi connectivity index (χ4n) is 2.90. The SMILES string of the molecule is COC(C1CCCCC1)C(N)c1cncc(F)c1. The first-order chi connectivity index (χ1) is 8.72. The minimum atomic E-state index is -0.346. The molecule has 2 N–H and O–H groups in total. The molecular weight excluding hydrogens is 231 g/mol. The van der Waals surface area contributed by atoms with Crippen LogP contribution < -0.4 is 5.73 Å². The summed E-state index contributed by atoms with van der Waals surface area (Å²) in [5.74, 6) is 0.128. The van der Waals surface area contributed by atoms with Crippen molar-refractivity contribution in [2.24, 2.45) is 11.7 Å². The normalized spacial score (nSPS) is 20.6. The third-order valence-electron chi connectivity index (χ3n) is 3.85. The van der Waals surface area contributed by atoms with Gasteiger partial charge in [0.1, 0.15) is 5.82 Å². The van der Waals surface area contributed by atoms with Gasteiger partial charge in [-0.25, -0.2) is 4.39 Å². The van der Waals surface area contributed by atoms with Crippen LogP contribution >= 0.6 is 0 Å². The molecule has 4 heteroatoms. The van der Waals surface area contributed by atoms with Gasteiger partial charge in [-0.1, -0.05) is 19.3 Å². The molecule has 0 saturated heterocycles. The molecule has 100 valence electrons. The number of aromatic nitrogens is 1. The quantitative estimate of drug-likeness (QED) is 0.896. The van der Waals surface area contributed by atoms with Crippen LogP contribution in [0.1, 0.15) is 43.7 Å². The van der Waals surface area contributed by atoms with Crippen LogP contribution in [0.15, 0.2) is 18.5 Å². The molecule has 1 fully saturated rings. The molecule has 0 aromatic carbocycles. The van der Waals surface area contributed by atoms with E-state index in [9.17, 15) is 4.39 Å². The minimum Gasteiger partial charge on any atom is -0.379 e. The number of methoxy groups -OCH3 is 1. The molecule has 1 aromatic heterocycles. The first-order valence-corrected chi connectivity index (χ1v) is 6.61. The molecule has 2 unspecified atom stereocenters. The lowest BCUT2D eigenvalue weighted by molar-refractivity contribution is 0.0171. The van der Waals surface area contributed by atoms with Crippen LogP contribution in [0.5, 0.6) is 0 Å². The van der Waals surface area contributed by atoms with E-state index in [4.69, 9.17) is 10.5 Å². The molecule has 0 bridgehead atoms. The van der Waals surface area contributed by atoms with E-state index in [0.29, 0.717) is 11.5 Å². The maximum Gasteiger partial charge on any atom is 0.141 e. The van der Waals surface area contributed by atoms with Crippen molar-refractivity contribution < 1.29 is 9.13 Å². The smallest absolute Gasteiger partial charge is 0.141 e. The van der Waals surface area contributed by atoms with Gasteiger partial charge in [-0.05, 0) is 30.4 Å². The highest BCUT2D eigenvalue weighted by molar-refractivity contribution is 5.16. The number of nitrogens with zero attached hydrogens (tertiary/aromatic N) is 1. The minimum absolute atomic E-state index is 0.0473. The van der Waals surface area contributed by atoms with E-state index in [0.717, 1.165) is 12.8 Å². The van der Waals surface area contributed by atoms with Gasteiger partial charge in [0, 0.05) is 13.3 Å². The molecule has 1 aliphatic rings. The van der Waals surface area contributed by atoms with Gasteiger partial charge in [0.05, 0.1) is 18.3 Å². The molecule has 0 aliphatic heterocycles. The van der Waals surface area contributed by atoms with Gasteiger partial charge in [0.15, 0.2) is 0 Å². The van der Waals surface area contributed by atoms with Crippen molar-refractivity contribution in [1.82, 2.24) is 4.98 Å². The molecule has 2 atom stereocenters. The van der Waals surface area contributed by atoms with Crippen molar-refractivity contribution in [1.29, 1.82) is 0 Å². The lowest BCUT2D eigenvalue weighted by atomic mass is 9.81. The number of halogens is 1. The summed E-state index contributed by atoms with van der Waals surface area (Å²) in [6.45, 7) is 0. The van der Waals surface area contributed by atoms with Crippen LogP contribution in [-0.4, -0.2) is 18.2 Å². The Labute approximate surface area is 108 Å². The largest absolute Gasteiger partial charge is 0.379 e. The van der Waals surface area contributed by atoms with Crippen molar-refractivity contribution in [3.8, 4) is 0 Å². The van der Waals surface area contributed by atoms with E-state index in [1.807, 2.05) is 0 Å². The van der Waals surface area contributed by atoms with Crippen LogP contribution in [0.4, 0.5) is 4.39 Å². The number of nitrogens with two attached hydrogens (primary N) is 1. The number of hydrogen-bond donors (Lipinski definition) is 1. The van der Waals surface area contributed by atoms with E-state index in [-0.39, 0.29) is 18.0 Å². The Hall–Kier alpha value is -1.00. The zero-order valence-corrected chi connectivity index (χ0v) is 10.8. The summed E-state index contributed by atoms with van der Waals surface area (Å²) in [5, 5.41) is 0. The summed E-state index contributed by atoms with van der Waals surface area (Å²) in [6.07, 6.45) is 8.83. The molecule has 1 aromatic rings. The lowest BCUT2D eigenvalue weighted by Crippen LogP contribution is -2.36. The average Bonchev–Trinajstić information content (AvgIpc) is 2.41. The lowest BCUT2D eigenvalue weighted by Gasteiger charge is -2.33. The summed E-state index contributed by atoms with van der Waals surface area (Å²) < 4.78 is 18.7. The number of ether oxygens (including phenoxy) is 1. The van der Waals surface area contributed by atoms with E-state index in [1.54, 1.807) is 13.3 Å².